The number of benzene rings is 3. The van der Waals surface area contributed by atoms with Gasteiger partial charge >= 0.3 is 6.03 Å². The van der Waals surface area contributed by atoms with Gasteiger partial charge in [-0.15, -0.1) is 0 Å². The third-order valence-corrected chi connectivity index (χ3v) is 6.79. The van der Waals surface area contributed by atoms with Gasteiger partial charge < -0.3 is 10.2 Å². The van der Waals surface area contributed by atoms with Gasteiger partial charge in [-0.2, -0.15) is 0 Å². The zero-order chi connectivity index (χ0) is 25.8. The van der Waals surface area contributed by atoms with E-state index in [1.807, 2.05) is 88.4 Å². The lowest BCUT2D eigenvalue weighted by molar-refractivity contribution is 0.188. The molecule has 3 aromatic carbocycles. The lowest BCUT2D eigenvalue weighted by atomic mass is 10.1. The summed E-state index contributed by atoms with van der Waals surface area (Å²) < 4.78 is 1.67. The van der Waals surface area contributed by atoms with E-state index in [1.54, 1.807) is 15.5 Å². The van der Waals surface area contributed by atoms with Gasteiger partial charge in [-0.25, -0.2) is 9.78 Å². The molecular weight excluding hydrogens is 448 g/mol. The summed E-state index contributed by atoms with van der Waals surface area (Å²) in [4.78, 5) is 34.1. The highest BCUT2D eigenvalue weighted by atomic mass is 16.2. The standard InChI is InChI=1S/C30H34N4O2/c1-6-7-18-33(30(36)32-26-14-10-8-12-21(26)3)23(5)28-31-27-15-11-9-13-25(27)29(35)34(28)24-17-16-20(2)22(4)19-24/h8-17,19,23H,6-7,18H2,1-5H3,(H,32,36). The third kappa shape index (κ3) is 5.03. The summed E-state index contributed by atoms with van der Waals surface area (Å²) in [6, 6.07) is 20.4. The Morgan fingerprint density at radius 3 is 2.42 bits per heavy atom. The maximum atomic E-state index is 13.8. The second kappa shape index (κ2) is 10.8. The maximum Gasteiger partial charge on any atom is 0.322 e. The zero-order valence-electron chi connectivity index (χ0n) is 21.7. The van der Waals surface area contributed by atoms with Crippen molar-refractivity contribution < 1.29 is 4.79 Å². The molecule has 4 aromatic rings. The van der Waals surface area contributed by atoms with Crippen molar-refractivity contribution in [3.05, 3.63) is 99.6 Å². The third-order valence-electron chi connectivity index (χ3n) is 6.79. The number of rotatable bonds is 7. The summed E-state index contributed by atoms with van der Waals surface area (Å²) in [5.74, 6) is 0.540. The molecule has 6 heteroatoms. The fourth-order valence-corrected chi connectivity index (χ4v) is 4.38. The number of carbonyl (C=O) groups is 1. The van der Waals surface area contributed by atoms with E-state index in [1.165, 1.54) is 0 Å². The molecule has 1 atom stereocenters. The van der Waals surface area contributed by atoms with E-state index < -0.39 is 6.04 Å². The smallest absolute Gasteiger partial charge is 0.315 e. The Morgan fingerprint density at radius 1 is 0.972 bits per heavy atom. The molecule has 0 spiro atoms. The minimum Gasteiger partial charge on any atom is -0.315 e. The number of amides is 2. The Balaban J connectivity index is 1.85. The fourth-order valence-electron chi connectivity index (χ4n) is 4.38. The Kier molecular flexibility index (Phi) is 7.53. The molecule has 0 aliphatic rings. The molecule has 6 nitrogen and oxygen atoms in total. The molecule has 186 valence electrons. The van der Waals surface area contributed by atoms with Crippen LogP contribution in [0.25, 0.3) is 16.6 Å². The van der Waals surface area contributed by atoms with Gasteiger partial charge in [0, 0.05) is 12.2 Å². The number of nitrogens with one attached hydrogen (secondary N) is 1. The number of fused-ring (bicyclic) bond motifs is 1. The van der Waals surface area contributed by atoms with Crippen molar-refractivity contribution in [1.29, 1.82) is 0 Å². The van der Waals surface area contributed by atoms with E-state index in [0.717, 1.165) is 40.9 Å². The largest absolute Gasteiger partial charge is 0.322 e. The summed E-state index contributed by atoms with van der Waals surface area (Å²) in [6.45, 7) is 10.6. The first-order valence-corrected chi connectivity index (χ1v) is 12.5. The van der Waals surface area contributed by atoms with Gasteiger partial charge in [-0.1, -0.05) is 49.7 Å². The molecule has 4 rings (SSSR count). The van der Waals surface area contributed by atoms with Gasteiger partial charge in [0.2, 0.25) is 0 Å². The van der Waals surface area contributed by atoms with Crippen molar-refractivity contribution in [3.8, 4) is 5.69 Å². The van der Waals surface area contributed by atoms with E-state index in [4.69, 9.17) is 4.98 Å². The number of anilines is 1. The van der Waals surface area contributed by atoms with E-state index in [-0.39, 0.29) is 11.6 Å². The molecule has 1 heterocycles. The van der Waals surface area contributed by atoms with E-state index in [2.05, 4.69) is 12.2 Å². The summed E-state index contributed by atoms with van der Waals surface area (Å²) in [5, 5.41) is 3.62. The predicted octanol–water partition coefficient (Wildman–Crippen LogP) is 6.71. The number of hydrogen-bond acceptors (Lipinski definition) is 3. The van der Waals surface area contributed by atoms with Crippen molar-refractivity contribution >= 4 is 22.6 Å². The van der Waals surface area contributed by atoms with Gasteiger partial charge in [0.05, 0.1) is 22.6 Å². The molecule has 1 N–H and O–H groups in total. The van der Waals surface area contributed by atoms with Gasteiger partial charge in [0.25, 0.3) is 5.56 Å². The highest BCUT2D eigenvalue weighted by Crippen LogP contribution is 2.25. The second-order valence-corrected chi connectivity index (χ2v) is 9.36. The number of aromatic nitrogens is 2. The molecule has 36 heavy (non-hydrogen) atoms. The van der Waals surface area contributed by atoms with E-state index in [0.29, 0.717) is 23.3 Å². The Hall–Kier alpha value is -3.93. The zero-order valence-corrected chi connectivity index (χ0v) is 21.7. The number of hydrogen-bond donors (Lipinski definition) is 1. The highest BCUT2D eigenvalue weighted by Gasteiger charge is 2.27. The van der Waals surface area contributed by atoms with Crippen molar-refractivity contribution in [1.82, 2.24) is 14.5 Å². The average Bonchev–Trinajstić information content (AvgIpc) is 2.87. The molecule has 2 amide bonds. The van der Waals surface area contributed by atoms with Crippen LogP contribution in [0.5, 0.6) is 0 Å². The molecule has 0 aliphatic heterocycles. The number of urea groups is 1. The molecule has 0 saturated heterocycles. The molecule has 0 fully saturated rings. The van der Waals surface area contributed by atoms with Crippen LogP contribution in [0.3, 0.4) is 0 Å². The maximum absolute atomic E-state index is 13.8. The number of unbranched alkanes of at least 4 members (excludes halogenated alkanes) is 1. The van der Waals surface area contributed by atoms with Crippen LogP contribution in [-0.4, -0.2) is 27.0 Å². The van der Waals surface area contributed by atoms with Crippen LogP contribution < -0.4 is 10.9 Å². The van der Waals surface area contributed by atoms with E-state index in [9.17, 15) is 9.59 Å². The monoisotopic (exact) mass is 482 g/mol. The number of nitrogens with zero attached hydrogens (tertiary/aromatic N) is 3. The topological polar surface area (TPSA) is 67.2 Å². The quantitative estimate of drug-likeness (QED) is 0.318. The van der Waals surface area contributed by atoms with Gasteiger partial charge in [-0.3, -0.25) is 9.36 Å². The van der Waals surface area contributed by atoms with Crippen molar-refractivity contribution in [2.45, 2.75) is 53.5 Å². The minimum absolute atomic E-state index is 0.138. The van der Waals surface area contributed by atoms with Crippen LogP contribution >= 0.6 is 0 Å². The van der Waals surface area contributed by atoms with Crippen molar-refractivity contribution in [2.24, 2.45) is 0 Å². The summed E-state index contributed by atoms with van der Waals surface area (Å²) in [5.41, 5.74) is 5.24. The lowest BCUT2D eigenvalue weighted by Crippen LogP contribution is -2.40. The number of carbonyl (C=O) groups excluding carboxylic acids is 1. The average molecular weight is 483 g/mol. The molecule has 1 unspecified atom stereocenters. The lowest BCUT2D eigenvalue weighted by Gasteiger charge is -2.31. The van der Waals surface area contributed by atoms with E-state index >= 15 is 0 Å². The van der Waals surface area contributed by atoms with Gasteiger partial charge in [0.15, 0.2) is 0 Å². The van der Waals surface area contributed by atoms with Crippen molar-refractivity contribution in [2.75, 3.05) is 11.9 Å². The van der Waals surface area contributed by atoms with Crippen LogP contribution in [0.4, 0.5) is 10.5 Å². The fraction of sp³-hybridized carbons (Fsp3) is 0.300. The first kappa shape index (κ1) is 25.2. The van der Waals surface area contributed by atoms with Crippen LogP contribution in [0, 0.1) is 20.8 Å². The Bertz CT molecular complexity index is 1460. The van der Waals surface area contributed by atoms with Crippen LogP contribution in [-0.2, 0) is 0 Å². The number of para-hydroxylation sites is 2. The number of aryl methyl sites for hydroxylation is 3. The molecule has 0 aliphatic carbocycles. The first-order valence-electron chi connectivity index (χ1n) is 12.5. The van der Waals surface area contributed by atoms with Crippen LogP contribution in [0.1, 0.15) is 55.2 Å². The first-order chi connectivity index (χ1) is 17.3. The second-order valence-electron chi connectivity index (χ2n) is 9.36. The summed E-state index contributed by atoms with van der Waals surface area (Å²) >= 11 is 0. The van der Waals surface area contributed by atoms with Gasteiger partial charge in [0.1, 0.15) is 5.82 Å². The molecule has 0 radical (unpaired) electrons. The summed E-state index contributed by atoms with van der Waals surface area (Å²) in [6.07, 6.45) is 1.78. The van der Waals surface area contributed by atoms with Gasteiger partial charge in [-0.05, 0) is 81.1 Å². The van der Waals surface area contributed by atoms with Crippen LogP contribution in [0.2, 0.25) is 0 Å². The highest BCUT2D eigenvalue weighted by molar-refractivity contribution is 5.90. The van der Waals surface area contributed by atoms with Crippen molar-refractivity contribution in [3.63, 3.8) is 0 Å². The Labute approximate surface area is 212 Å². The molecule has 0 saturated carbocycles. The molecule has 1 aromatic heterocycles. The predicted molar refractivity (Wildman–Crippen MR) is 147 cm³/mol. The molecule has 0 bridgehead atoms. The minimum atomic E-state index is -0.445. The normalized spacial score (nSPS) is 11.9. The van der Waals surface area contributed by atoms with Crippen LogP contribution in [0.15, 0.2) is 71.5 Å². The SMILES string of the molecule is CCCCN(C(=O)Nc1ccccc1C)C(C)c1nc2ccccc2c(=O)n1-c1ccc(C)c(C)c1. The Morgan fingerprint density at radius 2 is 1.69 bits per heavy atom. The summed E-state index contributed by atoms with van der Waals surface area (Å²) in [7, 11) is 0. The molecular formula is C30H34N4O2.